The largest absolute Gasteiger partial charge is 0.487 e. The lowest BCUT2D eigenvalue weighted by Gasteiger charge is -2.10. The molecule has 20 heavy (non-hydrogen) atoms. The maximum atomic E-state index is 5.83. The summed E-state index contributed by atoms with van der Waals surface area (Å²) in [6.45, 7) is 7.34. The molecule has 2 N–H and O–H groups in total. The quantitative estimate of drug-likeness (QED) is 0.907. The number of aromatic nitrogens is 2. The predicted molar refractivity (Wildman–Crippen MR) is 83.7 cm³/mol. The topological polar surface area (TPSA) is 53.1 Å². The van der Waals surface area contributed by atoms with E-state index >= 15 is 0 Å². The highest BCUT2D eigenvalue weighted by atomic mass is 79.9. The van der Waals surface area contributed by atoms with Crippen molar-refractivity contribution >= 4 is 15.9 Å². The van der Waals surface area contributed by atoms with Crippen LogP contribution in [0.2, 0.25) is 0 Å². The van der Waals surface area contributed by atoms with E-state index in [-0.39, 0.29) is 6.04 Å². The normalized spacial score (nSPS) is 12.4. The first-order chi connectivity index (χ1) is 9.52. The van der Waals surface area contributed by atoms with Crippen LogP contribution in [0.15, 0.2) is 28.7 Å². The van der Waals surface area contributed by atoms with Crippen molar-refractivity contribution in [2.75, 3.05) is 0 Å². The van der Waals surface area contributed by atoms with Crippen LogP contribution in [0.4, 0.5) is 0 Å². The van der Waals surface area contributed by atoms with Crippen LogP contribution in [0, 0.1) is 6.92 Å². The van der Waals surface area contributed by atoms with E-state index in [1.165, 1.54) is 0 Å². The van der Waals surface area contributed by atoms with Gasteiger partial charge in [-0.25, -0.2) is 0 Å². The van der Waals surface area contributed by atoms with Gasteiger partial charge in [-0.15, -0.1) is 0 Å². The summed E-state index contributed by atoms with van der Waals surface area (Å²) < 4.78 is 8.81. The number of halogens is 1. The molecule has 1 heterocycles. The molecule has 0 radical (unpaired) electrons. The highest BCUT2D eigenvalue weighted by molar-refractivity contribution is 9.10. The molecule has 2 aromatic rings. The highest BCUT2D eigenvalue weighted by Gasteiger charge is 2.12. The highest BCUT2D eigenvalue weighted by Crippen LogP contribution is 2.23. The zero-order valence-corrected chi connectivity index (χ0v) is 13.6. The average Bonchev–Trinajstić information content (AvgIpc) is 2.72. The summed E-state index contributed by atoms with van der Waals surface area (Å²) >= 11 is 3.57. The van der Waals surface area contributed by atoms with Crippen molar-refractivity contribution in [1.82, 2.24) is 9.78 Å². The summed E-state index contributed by atoms with van der Waals surface area (Å²) in [5.74, 6) is 0.836. The fraction of sp³-hybridized carbons (Fsp3) is 0.400. The Morgan fingerprint density at radius 3 is 2.55 bits per heavy atom. The standard InChI is InChI=1S/C15H20BrN3O/c1-4-19-14(15(16)11(3)18-19)9-20-13-7-5-12(6-8-13)10(2)17/h5-8,10H,4,9,17H2,1-3H3. The third-order valence-electron chi connectivity index (χ3n) is 3.23. The van der Waals surface area contributed by atoms with Crippen molar-refractivity contribution < 1.29 is 4.74 Å². The van der Waals surface area contributed by atoms with Crippen molar-refractivity contribution in [3.63, 3.8) is 0 Å². The van der Waals surface area contributed by atoms with Gasteiger partial charge in [-0.1, -0.05) is 12.1 Å². The summed E-state index contributed by atoms with van der Waals surface area (Å²) in [7, 11) is 0. The predicted octanol–water partition coefficient (Wildman–Crippen LogP) is 3.57. The Balaban J connectivity index is 2.09. The molecule has 0 amide bonds. The van der Waals surface area contributed by atoms with Crippen LogP contribution in [0.25, 0.3) is 0 Å². The van der Waals surface area contributed by atoms with Crippen LogP contribution < -0.4 is 10.5 Å². The van der Waals surface area contributed by atoms with E-state index < -0.39 is 0 Å². The summed E-state index contributed by atoms with van der Waals surface area (Å²) in [6.07, 6.45) is 0. The SMILES string of the molecule is CCn1nc(C)c(Br)c1COc1ccc(C(C)N)cc1. The van der Waals surface area contributed by atoms with E-state index in [9.17, 15) is 0 Å². The van der Waals surface area contributed by atoms with Gasteiger partial charge in [0.15, 0.2) is 0 Å². The molecule has 1 unspecified atom stereocenters. The molecule has 0 spiro atoms. The molecule has 0 aliphatic heterocycles. The number of hydrogen-bond acceptors (Lipinski definition) is 3. The molecular weight excluding hydrogens is 318 g/mol. The fourth-order valence-electron chi connectivity index (χ4n) is 2.03. The van der Waals surface area contributed by atoms with Gasteiger partial charge in [0.05, 0.1) is 15.9 Å². The Labute approximate surface area is 128 Å². The van der Waals surface area contributed by atoms with E-state index in [2.05, 4.69) is 28.0 Å². The Morgan fingerprint density at radius 2 is 2.00 bits per heavy atom. The van der Waals surface area contributed by atoms with Crippen LogP contribution in [0.5, 0.6) is 5.75 Å². The Kier molecular flexibility index (Phi) is 4.83. The zero-order chi connectivity index (χ0) is 14.7. The number of benzene rings is 1. The van der Waals surface area contributed by atoms with Crippen LogP contribution in [-0.2, 0) is 13.2 Å². The van der Waals surface area contributed by atoms with Gasteiger partial charge >= 0.3 is 0 Å². The lowest BCUT2D eigenvalue weighted by molar-refractivity contribution is 0.291. The van der Waals surface area contributed by atoms with E-state index in [4.69, 9.17) is 10.5 Å². The zero-order valence-electron chi connectivity index (χ0n) is 12.1. The number of aryl methyl sites for hydroxylation is 2. The molecule has 1 aromatic heterocycles. The molecule has 4 nitrogen and oxygen atoms in total. The first-order valence-electron chi connectivity index (χ1n) is 6.73. The molecule has 0 saturated carbocycles. The van der Waals surface area contributed by atoms with Crippen molar-refractivity contribution in [1.29, 1.82) is 0 Å². The molecular formula is C15H20BrN3O. The van der Waals surface area contributed by atoms with E-state index in [1.54, 1.807) is 0 Å². The third kappa shape index (κ3) is 3.22. The summed E-state index contributed by atoms with van der Waals surface area (Å²) in [5, 5.41) is 4.45. The molecule has 1 aromatic carbocycles. The molecule has 0 saturated heterocycles. The molecule has 5 heteroatoms. The second-order valence-electron chi connectivity index (χ2n) is 4.81. The van der Waals surface area contributed by atoms with Crippen molar-refractivity contribution in [3.05, 3.63) is 45.7 Å². The maximum absolute atomic E-state index is 5.83. The lowest BCUT2D eigenvalue weighted by atomic mass is 10.1. The van der Waals surface area contributed by atoms with Crippen LogP contribution in [0.3, 0.4) is 0 Å². The molecule has 0 aliphatic rings. The molecule has 0 fully saturated rings. The number of rotatable bonds is 5. The average molecular weight is 338 g/mol. The van der Waals surface area contributed by atoms with Gasteiger partial charge in [0.1, 0.15) is 12.4 Å². The smallest absolute Gasteiger partial charge is 0.131 e. The van der Waals surface area contributed by atoms with Gasteiger partial charge in [0.2, 0.25) is 0 Å². The molecule has 0 aliphatic carbocycles. The Bertz CT molecular complexity index is 576. The molecule has 0 bridgehead atoms. The summed E-state index contributed by atoms with van der Waals surface area (Å²) in [6, 6.07) is 7.94. The molecule has 1 atom stereocenters. The number of hydrogen-bond donors (Lipinski definition) is 1. The minimum absolute atomic E-state index is 0.0439. The number of nitrogens with zero attached hydrogens (tertiary/aromatic N) is 2. The minimum atomic E-state index is 0.0439. The van der Waals surface area contributed by atoms with Crippen molar-refractivity contribution in [2.24, 2.45) is 5.73 Å². The molecule has 108 valence electrons. The Morgan fingerprint density at radius 1 is 1.35 bits per heavy atom. The van der Waals surface area contributed by atoms with E-state index in [0.29, 0.717) is 6.61 Å². The van der Waals surface area contributed by atoms with Crippen molar-refractivity contribution in [3.8, 4) is 5.75 Å². The summed E-state index contributed by atoms with van der Waals surface area (Å²) in [5.41, 5.74) is 8.98. The monoisotopic (exact) mass is 337 g/mol. The van der Waals surface area contributed by atoms with Crippen LogP contribution in [-0.4, -0.2) is 9.78 Å². The van der Waals surface area contributed by atoms with Crippen LogP contribution in [0.1, 0.15) is 36.8 Å². The third-order valence-corrected chi connectivity index (χ3v) is 4.27. The first-order valence-corrected chi connectivity index (χ1v) is 7.52. The van der Waals surface area contributed by atoms with Gasteiger partial charge in [-0.05, 0) is 54.4 Å². The summed E-state index contributed by atoms with van der Waals surface area (Å²) in [4.78, 5) is 0. The molecule has 2 rings (SSSR count). The minimum Gasteiger partial charge on any atom is -0.487 e. The van der Waals surface area contributed by atoms with Gasteiger partial charge < -0.3 is 10.5 Å². The van der Waals surface area contributed by atoms with Gasteiger partial charge in [0, 0.05) is 12.6 Å². The number of ether oxygens (including phenoxy) is 1. The van der Waals surface area contributed by atoms with Gasteiger partial charge in [0.25, 0.3) is 0 Å². The van der Waals surface area contributed by atoms with E-state index in [0.717, 1.165) is 33.7 Å². The van der Waals surface area contributed by atoms with Crippen molar-refractivity contribution in [2.45, 2.75) is 40.0 Å². The van der Waals surface area contributed by atoms with E-state index in [1.807, 2.05) is 42.8 Å². The second-order valence-corrected chi connectivity index (χ2v) is 5.60. The first kappa shape index (κ1) is 15.1. The Hall–Kier alpha value is -1.33. The lowest BCUT2D eigenvalue weighted by Crippen LogP contribution is -2.07. The second kappa shape index (κ2) is 6.41. The maximum Gasteiger partial charge on any atom is 0.131 e. The number of nitrogens with two attached hydrogens (primary N) is 1. The van der Waals surface area contributed by atoms with Gasteiger partial charge in [-0.3, -0.25) is 4.68 Å². The fourth-order valence-corrected chi connectivity index (χ4v) is 2.42. The van der Waals surface area contributed by atoms with Gasteiger partial charge in [-0.2, -0.15) is 5.10 Å². The van der Waals surface area contributed by atoms with Crippen LogP contribution >= 0.6 is 15.9 Å².